The molecule has 1 N–H and O–H groups in total. The molecule has 3 amide bonds. The van der Waals surface area contributed by atoms with Gasteiger partial charge in [0.1, 0.15) is 6.54 Å². The van der Waals surface area contributed by atoms with Gasteiger partial charge in [0.15, 0.2) is 11.5 Å². The zero-order valence-corrected chi connectivity index (χ0v) is 17.3. The Labute approximate surface area is 169 Å². The molecule has 1 aliphatic rings. The highest BCUT2D eigenvalue weighted by Gasteiger charge is 2.31. The summed E-state index contributed by atoms with van der Waals surface area (Å²) in [7, 11) is 3.09. The first-order valence-corrected chi connectivity index (χ1v) is 9.28. The monoisotopic (exact) mass is 402 g/mol. The predicted octanol–water partition coefficient (Wildman–Crippen LogP) is 2.87. The van der Waals surface area contributed by atoms with Crippen molar-refractivity contribution in [2.75, 3.05) is 44.1 Å². The van der Waals surface area contributed by atoms with Gasteiger partial charge in [-0.05, 0) is 12.1 Å². The van der Waals surface area contributed by atoms with Gasteiger partial charge in [0, 0.05) is 36.3 Å². The molecule has 0 spiro atoms. The number of nitrogens with one attached hydrogen (secondary N) is 1. The highest BCUT2D eigenvalue weighted by atomic mass is 16.5. The average Bonchev–Trinajstić information content (AvgIpc) is 3.28. The van der Waals surface area contributed by atoms with Crippen LogP contribution in [0.25, 0.3) is 0 Å². The normalized spacial score (nSPS) is 14.3. The van der Waals surface area contributed by atoms with Gasteiger partial charge in [0.05, 0.1) is 19.9 Å². The maximum absolute atomic E-state index is 12.7. The fourth-order valence-corrected chi connectivity index (χ4v) is 3.00. The van der Waals surface area contributed by atoms with E-state index >= 15 is 0 Å². The smallest absolute Gasteiger partial charge is 0.325 e. The molecule has 2 aromatic rings. The minimum Gasteiger partial charge on any atom is -0.493 e. The predicted molar refractivity (Wildman–Crippen MR) is 108 cm³/mol. The fourth-order valence-electron chi connectivity index (χ4n) is 3.00. The molecule has 0 unspecified atom stereocenters. The lowest BCUT2D eigenvalue weighted by Crippen LogP contribution is -2.37. The second-order valence-electron chi connectivity index (χ2n) is 7.77. The number of urea groups is 1. The number of ether oxygens (including phenoxy) is 2. The first-order chi connectivity index (χ1) is 13.7. The molecule has 9 nitrogen and oxygen atoms in total. The van der Waals surface area contributed by atoms with Crippen LogP contribution < -0.4 is 19.7 Å². The molecular formula is C20H26N4O5. The third kappa shape index (κ3) is 4.44. The topological polar surface area (TPSA) is 97.1 Å². The van der Waals surface area contributed by atoms with Crippen LogP contribution in [0.15, 0.2) is 28.8 Å². The van der Waals surface area contributed by atoms with Crippen molar-refractivity contribution >= 4 is 23.5 Å². The van der Waals surface area contributed by atoms with Crippen LogP contribution in [-0.4, -0.2) is 55.8 Å². The largest absolute Gasteiger partial charge is 0.493 e. The maximum Gasteiger partial charge on any atom is 0.325 e. The summed E-state index contributed by atoms with van der Waals surface area (Å²) in [5.74, 6) is 1.04. The number of anilines is 2. The minimum atomic E-state index is -0.343. The summed E-state index contributed by atoms with van der Waals surface area (Å²) in [4.78, 5) is 28.2. The Morgan fingerprint density at radius 2 is 1.90 bits per heavy atom. The molecule has 156 valence electrons. The van der Waals surface area contributed by atoms with Crippen molar-refractivity contribution in [3.05, 3.63) is 30.0 Å². The van der Waals surface area contributed by atoms with Crippen LogP contribution in [0.1, 0.15) is 26.5 Å². The van der Waals surface area contributed by atoms with Crippen molar-refractivity contribution < 1.29 is 23.6 Å². The summed E-state index contributed by atoms with van der Waals surface area (Å²) in [6.07, 6.45) is 0. The van der Waals surface area contributed by atoms with E-state index in [4.69, 9.17) is 14.0 Å². The molecule has 0 radical (unpaired) electrons. The van der Waals surface area contributed by atoms with Crippen LogP contribution in [0.2, 0.25) is 0 Å². The number of aromatic nitrogens is 1. The summed E-state index contributed by atoms with van der Waals surface area (Å²) in [5.41, 5.74) is 1.24. The molecule has 3 rings (SSSR count). The average molecular weight is 402 g/mol. The highest BCUT2D eigenvalue weighted by Crippen LogP contribution is 2.32. The van der Waals surface area contributed by atoms with Gasteiger partial charge in [-0.3, -0.25) is 15.0 Å². The summed E-state index contributed by atoms with van der Waals surface area (Å²) < 4.78 is 15.7. The number of rotatable bonds is 6. The standard InChI is InChI=1S/C20H26N4O5/c1-20(2,3)16-11-18(29-22-16)21-17(25)12-23-8-9-24(19(23)26)13-6-7-14(27-4)15(10-13)28-5/h6-7,10-11H,8-9,12H2,1-5H3,(H,21,25). The molecule has 29 heavy (non-hydrogen) atoms. The highest BCUT2D eigenvalue weighted by molar-refractivity contribution is 5.99. The first-order valence-electron chi connectivity index (χ1n) is 9.28. The van der Waals surface area contributed by atoms with Crippen LogP contribution >= 0.6 is 0 Å². The molecule has 1 fully saturated rings. The van der Waals surface area contributed by atoms with Crippen molar-refractivity contribution in [2.45, 2.75) is 26.2 Å². The number of carbonyl (C=O) groups is 2. The van der Waals surface area contributed by atoms with Gasteiger partial charge in [0.2, 0.25) is 11.8 Å². The van der Waals surface area contributed by atoms with E-state index in [1.54, 1.807) is 43.4 Å². The Bertz CT molecular complexity index is 903. The molecule has 1 aliphatic heterocycles. The molecule has 1 aromatic carbocycles. The SMILES string of the molecule is COc1ccc(N2CCN(CC(=O)Nc3cc(C(C)(C)C)no3)C2=O)cc1OC. The zero-order valence-electron chi connectivity index (χ0n) is 17.3. The Morgan fingerprint density at radius 3 is 2.52 bits per heavy atom. The Morgan fingerprint density at radius 1 is 1.17 bits per heavy atom. The van der Waals surface area contributed by atoms with Crippen LogP contribution in [0, 0.1) is 0 Å². The lowest BCUT2D eigenvalue weighted by molar-refractivity contribution is -0.116. The molecule has 2 heterocycles. The molecular weight excluding hydrogens is 376 g/mol. The van der Waals surface area contributed by atoms with Crippen LogP contribution in [0.5, 0.6) is 11.5 Å². The second-order valence-corrected chi connectivity index (χ2v) is 7.77. The molecule has 0 atom stereocenters. The van der Waals surface area contributed by atoms with Crippen LogP contribution in [0.4, 0.5) is 16.4 Å². The van der Waals surface area contributed by atoms with E-state index in [0.717, 1.165) is 5.69 Å². The van der Waals surface area contributed by atoms with Gasteiger partial charge >= 0.3 is 6.03 Å². The number of carbonyl (C=O) groups excluding carboxylic acids is 2. The lowest BCUT2D eigenvalue weighted by atomic mass is 9.92. The Balaban J connectivity index is 1.63. The van der Waals surface area contributed by atoms with Gasteiger partial charge in [-0.2, -0.15) is 0 Å². The van der Waals surface area contributed by atoms with Gasteiger partial charge < -0.3 is 18.9 Å². The second kappa shape index (κ2) is 8.02. The lowest BCUT2D eigenvalue weighted by Gasteiger charge is -2.19. The minimum absolute atomic E-state index is 0.0752. The van der Waals surface area contributed by atoms with E-state index in [9.17, 15) is 9.59 Å². The molecule has 1 saturated heterocycles. The summed E-state index contributed by atoms with van der Waals surface area (Å²) in [6.45, 7) is 6.84. The summed E-state index contributed by atoms with van der Waals surface area (Å²) in [6, 6.07) is 6.71. The number of hydrogen-bond acceptors (Lipinski definition) is 6. The number of benzene rings is 1. The quantitative estimate of drug-likeness (QED) is 0.798. The summed E-state index contributed by atoms with van der Waals surface area (Å²) >= 11 is 0. The van der Waals surface area contributed by atoms with E-state index in [2.05, 4.69) is 10.5 Å². The number of amides is 3. The molecule has 9 heteroatoms. The van der Waals surface area contributed by atoms with Crippen LogP contribution in [0.3, 0.4) is 0 Å². The van der Waals surface area contributed by atoms with Crippen molar-refractivity contribution in [2.24, 2.45) is 0 Å². The third-order valence-corrected chi connectivity index (χ3v) is 4.65. The van der Waals surface area contributed by atoms with Gasteiger partial charge in [-0.25, -0.2) is 4.79 Å². The van der Waals surface area contributed by atoms with Crippen molar-refractivity contribution in [3.63, 3.8) is 0 Å². The number of hydrogen-bond donors (Lipinski definition) is 1. The van der Waals surface area contributed by atoms with E-state index in [1.807, 2.05) is 20.8 Å². The van der Waals surface area contributed by atoms with Crippen LogP contribution in [-0.2, 0) is 10.2 Å². The van der Waals surface area contributed by atoms with E-state index in [1.165, 1.54) is 4.90 Å². The molecule has 0 bridgehead atoms. The molecule has 1 aromatic heterocycles. The van der Waals surface area contributed by atoms with E-state index in [0.29, 0.717) is 30.3 Å². The third-order valence-electron chi connectivity index (χ3n) is 4.65. The fraction of sp³-hybridized carbons (Fsp3) is 0.450. The van der Waals surface area contributed by atoms with Gasteiger partial charge in [-0.15, -0.1) is 0 Å². The Hall–Kier alpha value is -3.23. The van der Waals surface area contributed by atoms with Crippen molar-refractivity contribution in [3.8, 4) is 11.5 Å². The van der Waals surface area contributed by atoms with Crippen molar-refractivity contribution in [1.29, 1.82) is 0 Å². The summed E-state index contributed by atoms with van der Waals surface area (Å²) in [5, 5.41) is 6.62. The Kier molecular flexibility index (Phi) is 5.67. The van der Waals surface area contributed by atoms with Gasteiger partial charge in [0.25, 0.3) is 0 Å². The van der Waals surface area contributed by atoms with E-state index < -0.39 is 0 Å². The maximum atomic E-state index is 12.7. The molecule has 0 aliphatic carbocycles. The first kappa shape index (κ1) is 20.5. The number of nitrogens with zero attached hydrogens (tertiary/aromatic N) is 3. The zero-order chi connectivity index (χ0) is 21.2. The number of methoxy groups -OCH3 is 2. The van der Waals surface area contributed by atoms with Crippen molar-refractivity contribution in [1.82, 2.24) is 10.1 Å². The van der Waals surface area contributed by atoms with Gasteiger partial charge in [-0.1, -0.05) is 25.9 Å². The molecule has 0 saturated carbocycles. The van der Waals surface area contributed by atoms with E-state index in [-0.39, 0.29) is 29.8 Å².